The Balaban J connectivity index is 2.09. The monoisotopic (exact) mass is 228 g/mol. The molecular weight excluding hydrogens is 200 g/mol. The third-order valence-electron chi connectivity index (χ3n) is 2.95. The minimum Gasteiger partial charge on any atom is -0.378 e. The van der Waals surface area contributed by atoms with Gasteiger partial charge < -0.3 is 9.47 Å². The zero-order valence-electron chi connectivity index (χ0n) is 11.4. The average molecular weight is 228 g/mol. The molecule has 1 aliphatic rings. The van der Waals surface area contributed by atoms with E-state index >= 15 is 0 Å². The number of ether oxygens (including phenoxy) is 2. The summed E-state index contributed by atoms with van der Waals surface area (Å²) in [6, 6.07) is 0. The lowest BCUT2D eigenvalue weighted by Gasteiger charge is -2.29. The first-order valence-electron chi connectivity index (χ1n) is 6.81. The van der Waals surface area contributed by atoms with Gasteiger partial charge >= 0.3 is 0 Å². The molecule has 1 saturated carbocycles. The van der Waals surface area contributed by atoms with Gasteiger partial charge in [-0.15, -0.1) is 0 Å². The van der Waals surface area contributed by atoms with Crippen molar-refractivity contribution in [2.45, 2.75) is 65.6 Å². The molecule has 1 aliphatic carbocycles. The largest absolute Gasteiger partial charge is 0.378 e. The molecule has 2 heteroatoms. The molecule has 0 aliphatic heterocycles. The molecule has 0 N–H and O–H groups in total. The van der Waals surface area contributed by atoms with Crippen LogP contribution in [-0.4, -0.2) is 25.4 Å². The van der Waals surface area contributed by atoms with Crippen molar-refractivity contribution in [1.29, 1.82) is 0 Å². The van der Waals surface area contributed by atoms with Gasteiger partial charge in [-0.1, -0.05) is 27.7 Å². The van der Waals surface area contributed by atoms with E-state index in [0.717, 1.165) is 13.2 Å². The van der Waals surface area contributed by atoms with E-state index in [0.29, 0.717) is 24.0 Å². The van der Waals surface area contributed by atoms with Gasteiger partial charge in [-0.2, -0.15) is 0 Å². The van der Waals surface area contributed by atoms with Gasteiger partial charge in [0.15, 0.2) is 0 Å². The average Bonchev–Trinajstić information content (AvgIpc) is 2.25. The predicted molar refractivity (Wildman–Crippen MR) is 67.6 cm³/mol. The van der Waals surface area contributed by atoms with Crippen LogP contribution >= 0.6 is 0 Å². The first-order valence-corrected chi connectivity index (χ1v) is 6.81. The molecule has 96 valence electrons. The Kier molecular flexibility index (Phi) is 6.37. The minimum atomic E-state index is 0.487. The van der Waals surface area contributed by atoms with Crippen LogP contribution < -0.4 is 0 Å². The van der Waals surface area contributed by atoms with E-state index in [2.05, 4.69) is 27.7 Å². The van der Waals surface area contributed by atoms with Crippen LogP contribution in [0.4, 0.5) is 0 Å². The quantitative estimate of drug-likeness (QED) is 0.691. The molecule has 0 spiro atoms. The van der Waals surface area contributed by atoms with Gasteiger partial charge in [-0.05, 0) is 37.5 Å². The van der Waals surface area contributed by atoms with Crippen LogP contribution in [-0.2, 0) is 9.47 Å². The Hall–Kier alpha value is -0.0800. The summed E-state index contributed by atoms with van der Waals surface area (Å²) < 4.78 is 11.7. The first kappa shape index (κ1) is 14.0. The van der Waals surface area contributed by atoms with Crippen molar-refractivity contribution < 1.29 is 9.47 Å². The van der Waals surface area contributed by atoms with Gasteiger partial charge in [0, 0.05) is 13.2 Å². The molecular formula is C14H28O2. The van der Waals surface area contributed by atoms with Crippen molar-refractivity contribution in [3.63, 3.8) is 0 Å². The molecule has 1 rings (SSSR count). The van der Waals surface area contributed by atoms with Gasteiger partial charge in [0.2, 0.25) is 0 Å². The summed E-state index contributed by atoms with van der Waals surface area (Å²) in [5, 5.41) is 0. The van der Waals surface area contributed by atoms with Gasteiger partial charge in [0.25, 0.3) is 0 Å². The Morgan fingerprint density at radius 3 is 1.31 bits per heavy atom. The molecule has 0 aromatic carbocycles. The SMILES string of the molecule is CC(C)COC1CCC(OCC(C)C)CC1. The molecule has 0 radical (unpaired) electrons. The zero-order chi connectivity index (χ0) is 12.0. The molecule has 0 unspecified atom stereocenters. The van der Waals surface area contributed by atoms with Crippen molar-refractivity contribution in [2.75, 3.05) is 13.2 Å². The third-order valence-corrected chi connectivity index (χ3v) is 2.95. The van der Waals surface area contributed by atoms with Crippen molar-refractivity contribution in [3.8, 4) is 0 Å². The highest BCUT2D eigenvalue weighted by Crippen LogP contribution is 2.24. The van der Waals surface area contributed by atoms with Gasteiger partial charge in [-0.3, -0.25) is 0 Å². The Labute approximate surface area is 101 Å². The van der Waals surface area contributed by atoms with E-state index in [9.17, 15) is 0 Å². The number of rotatable bonds is 6. The van der Waals surface area contributed by atoms with Gasteiger partial charge in [0.1, 0.15) is 0 Å². The lowest BCUT2D eigenvalue weighted by Crippen LogP contribution is -2.28. The molecule has 1 fully saturated rings. The molecule has 0 aromatic heterocycles. The van der Waals surface area contributed by atoms with Crippen LogP contribution in [0.3, 0.4) is 0 Å². The lowest BCUT2D eigenvalue weighted by atomic mass is 9.95. The maximum Gasteiger partial charge on any atom is 0.0577 e. The van der Waals surface area contributed by atoms with E-state index in [4.69, 9.17) is 9.47 Å². The number of hydrogen-bond acceptors (Lipinski definition) is 2. The maximum absolute atomic E-state index is 5.86. The fourth-order valence-corrected chi connectivity index (χ4v) is 2.02. The van der Waals surface area contributed by atoms with Crippen molar-refractivity contribution in [2.24, 2.45) is 11.8 Å². The Morgan fingerprint density at radius 1 is 0.750 bits per heavy atom. The highest BCUT2D eigenvalue weighted by molar-refractivity contribution is 4.73. The second kappa shape index (κ2) is 7.29. The maximum atomic E-state index is 5.86. The lowest BCUT2D eigenvalue weighted by molar-refractivity contribution is -0.0426. The summed E-state index contributed by atoms with van der Waals surface area (Å²) in [5.74, 6) is 1.30. The summed E-state index contributed by atoms with van der Waals surface area (Å²) >= 11 is 0. The smallest absolute Gasteiger partial charge is 0.0577 e. The van der Waals surface area contributed by atoms with Gasteiger partial charge in [-0.25, -0.2) is 0 Å². The van der Waals surface area contributed by atoms with E-state index in [1.165, 1.54) is 25.7 Å². The molecule has 0 saturated heterocycles. The van der Waals surface area contributed by atoms with Crippen LogP contribution in [0.1, 0.15) is 53.4 Å². The first-order chi connectivity index (χ1) is 7.58. The summed E-state index contributed by atoms with van der Waals surface area (Å²) in [4.78, 5) is 0. The molecule has 0 bridgehead atoms. The van der Waals surface area contributed by atoms with Crippen LogP contribution in [0.2, 0.25) is 0 Å². The molecule has 2 nitrogen and oxygen atoms in total. The molecule has 0 amide bonds. The predicted octanol–water partition coefficient (Wildman–Crippen LogP) is 3.64. The van der Waals surface area contributed by atoms with Crippen LogP contribution in [0.15, 0.2) is 0 Å². The summed E-state index contributed by atoms with van der Waals surface area (Å²) in [6.45, 7) is 10.6. The van der Waals surface area contributed by atoms with Crippen molar-refractivity contribution in [1.82, 2.24) is 0 Å². The third kappa shape index (κ3) is 5.86. The zero-order valence-corrected chi connectivity index (χ0v) is 11.4. The molecule has 16 heavy (non-hydrogen) atoms. The molecule has 0 atom stereocenters. The van der Waals surface area contributed by atoms with Crippen LogP contribution in [0, 0.1) is 11.8 Å². The fraction of sp³-hybridized carbons (Fsp3) is 1.00. The fourth-order valence-electron chi connectivity index (χ4n) is 2.02. The topological polar surface area (TPSA) is 18.5 Å². The van der Waals surface area contributed by atoms with E-state index in [1.807, 2.05) is 0 Å². The van der Waals surface area contributed by atoms with Crippen molar-refractivity contribution in [3.05, 3.63) is 0 Å². The van der Waals surface area contributed by atoms with Gasteiger partial charge in [0.05, 0.1) is 12.2 Å². The highest BCUT2D eigenvalue weighted by atomic mass is 16.5. The van der Waals surface area contributed by atoms with Crippen LogP contribution in [0.5, 0.6) is 0 Å². The minimum absolute atomic E-state index is 0.487. The van der Waals surface area contributed by atoms with Crippen molar-refractivity contribution >= 4 is 0 Å². The summed E-state index contributed by atoms with van der Waals surface area (Å²) in [7, 11) is 0. The summed E-state index contributed by atoms with van der Waals surface area (Å²) in [6.07, 6.45) is 5.68. The van der Waals surface area contributed by atoms with E-state index in [-0.39, 0.29) is 0 Å². The van der Waals surface area contributed by atoms with E-state index < -0.39 is 0 Å². The second-order valence-corrected chi connectivity index (χ2v) is 5.85. The van der Waals surface area contributed by atoms with E-state index in [1.54, 1.807) is 0 Å². The normalized spacial score (nSPS) is 26.6. The Morgan fingerprint density at radius 2 is 1.06 bits per heavy atom. The van der Waals surface area contributed by atoms with Crippen LogP contribution in [0.25, 0.3) is 0 Å². The second-order valence-electron chi connectivity index (χ2n) is 5.85. The highest BCUT2D eigenvalue weighted by Gasteiger charge is 2.22. The Bertz CT molecular complexity index is 150. The molecule has 0 aromatic rings. The standard InChI is InChI=1S/C14H28O2/c1-11(2)9-15-13-5-7-14(8-6-13)16-10-12(3)4/h11-14H,5-10H2,1-4H3. The molecule has 0 heterocycles. The summed E-state index contributed by atoms with van der Waals surface area (Å²) in [5.41, 5.74) is 0. The number of hydrogen-bond donors (Lipinski definition) is 0.